The van der Waals surface area contributed by atoms with Crippen molar-refractivity contribution < 1.29 is 9.90 Å². The highest BCUT2D eigenvalue weighted by Crippen LogP contribution is 2.07. The van der Waals surface area contributed by atoms with Gasteiger partial charge in [-0.2, -0.15) is 0 Å². The van der Waals surface area contributed by atoms with E-state index < -0.39 is 6.10 Å². The Kier molecular flexibility index (Phi) is 3.93. The fraction of sp³-hybridized carbons (Fsp3) is 0.900. The van der Waals surface area contributed by atoms with E-state index in [0.29, 0.717) is 13.1 Å². The van der Waals surface area contributed by atoms with Crippen LogP contribution < -0.4 is 10.6 Å². The number of rotatable bonds is 5. The quantitative estimate of drug-likeness (QED) is 0.593. The van der Waals surface area contributed by atoms with E-state index in [2.05, 4.69) is 10.6 Å². The first-order valence-electron chi connectivity index (χ1n) is 5.39. The smallest absolute Gasteiger partial charge is 0.317 e. The molecule has 1 unspecified atom stereocenters. The second-order valence-electron chi connectivity index (χ2n) is 4.54. The molecule has 0 spiro atoms. The van der Waals surface area contributed by atoms with Crippen molar-refractivity contribution in [1.82, 2.24) is 15.5 Å². The van der Waals surface area contributed by atoms with Crippen LogP contribution in [0.5, 0.6) is 0 Å². The summed E-state index contributed by atoms with van der Waals surface area (Å²) in [6.07, 6.45) is -0.412. The van der Waals surface area contributed by atoms with Gasteiger partial charge in [-0.3, -0.25) is 0 Å². The van der Waals surface area contributed by atoms with Crippen molar-refractivity contribution in [3.8, 4) is 0 Å². The molecule has 3 N–H and O–H groups in total. The Balaban J connectivity index is 2.24. The number of hydrogen-bond donors (Lipinski definition) is 3. The molecular weight excluding hydrogens is 194 g/mol. The highest BCUT2D eigenvalue weighted by Gasteiger charge is 2.24. The van der Waals surface area contributed by atoms with Gasteiger partial charge in [-0.05, 0) is 20.8 Å². The van der Waals surface area contributed by atoms with Gasteiger partial charge in [0.2, 0.25) is 0 Å². The van der Waals surface area contributed by atoms with Crippen molar-refractivity contribution in [1.29, 1.82) is 0 Å². The molecule has 1 aliphatic heterocycles. The summed E-state index contributed by atoms with van der Waals surface area (Å²) in [6.45, 7) is 8.54. The summed E-state index contributed by atoms with van der Waals surface area (Å²) in [5.41, 5.74) is -0.309. The number of aliphatic hydroxyl groups is 1. The van der Waals surface area contributed by atoms with Crippen LogP contribution in [0.15, 0.2) is 0 Å². The van der Waals surface area contributed by atoms with Crippen molar-refractivity contribution in [3.63, 3.8) is 0 Å². The third-order valence-electron chi connectivity index (χ3n) is 2.95. The van der Waals surface area contributed by atoms with Crippen LogP contribution in [0.1, 0.15) is 20.8 Å². The molecule has 5 heteroatoms. The molecule has 0 aromatic heterocycles. The Bertz CT molecular complexity index is 229. The lowest BCUT2D eigenvalue weighted by atomic mass is 9.99. The predicted molar refractivity (Wildman–Crippen MR) is 58.7 cm³/mol. The highest BCUT2D eigenvalue weighted by molar-refractivity contribution is 5.76. The largest absolute Gasteiger partial charge is 0.392 e. The molecule has 1 heterocycles. The number of hydrogen-bond acceptors (Lipinski definition) is 3. The van der Waals surface area contributed by atoms with Gasteiger partial charge in [0, 0.05) is 31.7 Å². The molecule has 5 nitrogen and oxygen atoms in total. The summed E-state index contributed by atoms with van der Waals surface area (Å²) in [7, 11) is 0. The SMILES string of the molecule is CC(O)C(C)(C)NCCN1CCNC1=O. The topological polar surface area (TPSA) is 64.6 Å². The van der Waals surface area contributed by atoms with Gasteiger partial charge in [-0.1, -0.05) is 0 Å². The predicted octanol–water partition coefficient (Wildman–Crippen LogP) is -0.239. The third kappa shape index (κ3) is 3.35. The van der Waals surface area contributed by atoms with Gasteiger partial charge in [0.25, 0.3) is 0 Å². The molecule has 0 aliphatic carbocycles. The average Bonchev–Trinajstić information content (AvgIpc) is 2.51. The van der Waals surface area contributed by atoms with Crippen LogP contribution >= 0.6 is 0 Å². The zero-order valence-electron chi connectivity index (χ0n) is 9.71. The van der Waals surface area contributed by atoms with Crippen LogP contribution in [0.4, 0.5) is 4.79 Å². The summed E-state index contributed by atoms with van der Waals surface area (Å²) < 4.78 is 0. The van der Waals surface area contributed by atoms with E-state index in [9.17, 15) is 9.90 Å². The lowest BCUT2D eigenvalue weighted by molar-refractivity contribution is 0.0955. The van der Waals surface area contributed by atoms with E-state index in [1.807, 2.05) is 13.8 Å². The molecule has 1 saturated heterocycles. The van der Waals surface area contributed by atoms with Gasteiger partial charge in [0.05, 0.1) is 6.10 Å². The minimum absolute atomic E-state index is 0.00616. The van der Waals surface area contributed by atoms with Crippen LogP contribution in [0, 0.1) is 0 Å². The molecule has 88 valence electrons. The summed E-state index contributed by atoms with van der Waals surface area (Å²) in [5.74, 6) is 0. The molecule has 15 heavy (non-hydrogen) atoms. The van der Waals surface area contributed by atoms with Gasteiger partial charge in [-0.15, -0.1) is 0 Å². The average molecular weight is 215 g/mol. The lowest BCUT2D eigenvalue weighted by Crippen LogP contribution is -2.50. The minimum Gasteiger partial charge on any atom is -0.392 e. The Hall–Kier alpha value is -0.810. The summed E-state index contributed by atoms with van der Waals surface area (Å²) in [6, 6.07) is 0.00616. The minimum atomic E-state index is -0.412. The molecule has 0 aromatic rings. The Morgan fingerprint density at radius 3 is 2.80 bits per heavy atom. The summed E-state index contributed by atoms with van der Waals surface area (Å²) in [4.78, 5) is 13.0. The van der Waals surface area contributed by atoms with Crippen LogP contribution in [0.2, 0.25) is 0 Å². The number of urea groups is 1. The molecule has 0 aromatic carbocycles. The van der Waals surface area contributed by atoms with Crippen LogP contribution in [0.3, 0.4) is 0 Å². The van der Waals surface area contributed by atoms with Crippen molar-refractivity contribution in [2.45, 2.75) is 32.4 Å². The standard InChI is InChI=1S/C10H21N3O2/c1-8(14)10(2,3)12-5-7-13-6-4-11-9(13)15/h8,12,14H,4-7H2,1-3H3,(H,11,15). The monoisotopic (exact) mass is 215 g/mol. The fourth-order valence-electron chi connectivity index (χ4n) is 1.39. The Morgan fingerprint density at radius 2 is 2.33 bits per heavy atom. The fourth-order valence-corrected chi connectivity index (χ4v) is 1.39. The Morgan fingerprint density at radius 1 is 1.67 bits per heavy atom. The Labute approximate surface area is 90.8 Å². The number of amides is 2. The maximum Gasteiger partial charge on any atom is 0.317 e. The molecule has 0 saturated carbocycles. The number of carbonyl (C=O) groups is 1. The van der Waals surface area contributed by atoms with E-state index >= 15 is 0 Å². The van der Waals surface area contributed by atoms with Crippen LogP contribution in [-0.2, 0) is 0 Å². The number of carbonyl (C=O) groups excluding carboxylic acids is 1. The summed E-state index contributed by atoms with van der Waals surface area (Å²) in [5, 5.41) is 15.5. The van der Waals surface area contributed by atoms with Crippen LogP contribution in [-0.4, -0.2) is 53.9 Å². The lowest BCUT2D eigenvalue weighted by Gasteiger charge is -2.30. The number of nitrogens with one attached hydrogen (secondary N) is 2. The molecule has 1 rings (SSSR count). The van der Waals surface area contributed by atoms with E-state index in [4.69, 9.17) is 0 Å². The van der Waals surface area contributed by atoms with E-state index in [1.165, 1.54) is 0 Å². The van der Waals surface area contributed by atoms with E-state index in [1.54, 1.807) is 11.8 Å². The second-order valence-corrected chi connectivity index (χ2v) is 4.54. The zero-order chi connectivity index (χ0) is 11.5. The molecule has 0 radical (unpaired) electrons. The number of nitrogens with zero attached hydrogens (tertiary/aromatic N) is 1. The third-order valence-corrected chi connectivity index (χ3v) is 2.95. The van der Waals surface area contributed by atoms with Gasteiger partial charge in [0.15, 0.2) is 0 Å². The first-order valence-corrected chi connectivity index (χ1v) is 5.39. The first-order chi connectivity index (χ1) is 6.93. The molecular formula is C10H21N3O2. The zero-order valence-corrected chi connectivity index (χ0v) is 9.71. The van der Waals surface area contributed by atoms with Gasteiger partial charge < -0.3 is 20.6 Å². The van der Waals surface area contributed by atoms with Crippen molar-refractivity contribution in [2.75, 3.05) is 26.2 Å². The van der Waals surface area contributed by atoms with E-state index in [0.717, 1.165) is 13.1 Å². The van der Waals surface area contributed by atoms with Crippen molar-refractivity contribution >= 4 is 6.03 Å². The highest BCUT2D eigenvalue weighted by atomic mass is 16.3. The molecule has 0 bridgehead atoms. The van der Waals surface area contributed by atoms with Crippen LogP contribution in [0.25, 0.3) is 0 Å². The first kappa shape index (κ1) is 12.3. The molecule has 1 atom stereocenters. The van der Waals surface area contributed by atoms with Gasteiger partial charge in [0.1, 0.15) is 0 Å². The van der Waals surface area contributed by atoms with Gasteiger partial charge >= 0.3 is 6.03 Å². The van der Waals surface area contributed by atoms with Crippen molar-refractivity contribution in [2.24, 2.45) is 0 Å². The molecule has 1 aliphatic rings. The summed E-state index contributed by atoms with van der Waals surface area (Å²) >= 11 is 0. The molecule has 2 amide bonds. The second kappa shape index (κ2) is 4.81. The number of aliphatic hydroxyl groups excluding tert-OH is 1. The van der Waals surface area contributed by atoms with Gasteiger partial charge in [-0.25, -0.2) is 4.79 Å². The molecule has 1 fully saturated rings. The van der Waals surface area contributed by atoms with E-state index in [-0.39, 0.29) is 11.6 Å². The van der Waals surface area contributed by atoms with Crippen molar-refractivity contribution in [3.05, 3.63) is 0 Å². The normalized spacial score (nSPS) is 19.2. The maximum absolute atomic E-state index is 11.2. The maximum atomic E-state index is 11.2.